The van der Waals surface area contributed by atoms with Gasteiger partial charge in [0.25, 0.3) is 0 Å². The summed E-state index contributed by atoms with van der Waals surface area (Å²) in [6.45, 7) is 5.14. The van der Waals surface area contributed by atoms with E-state index in [1.165, 1.54) is 0 Å². The van der Waals surface area contributed by atoms with Crippen LogP contribution in [-0.4, -0.2) is 26.2 Å². The lowest BCUT2D eigenvalue weighted by atomic mass is 10.2. The van der Waals surface area contributed by atoms with Gasteiger partial charge in [-0.3, -0.25) is 0 Å². The molecular formula is C18H21N5O. The Balaban J connectivity index is 1.74. The Hall–Kier alpha value is -2.73. The third-order valence-corrected chi connectivity index (χ3v) is 3.82. The molecule has 6 heteroatoms. The molecule has 1 N–H and O–H groups in total. The first-order valence-electron chi connectivity index (χ1n) is 8.10. The molecule has 0 saturated heterocycles. The van der Waals surface area contributed by atoms with E-state index in [0.29, 0.717) is 17.8 Å². The summed E-state index contributed by atoms with van der Waals surface area (Å²) in [6, 6.07) is 18.4. The lowest BCUT2D eigenvalue weighted by Gasteiger charge is -2.12. The normalized spacial score (nSPS) is 12.1. The molecule has 0 aliphatic heterocycles. The third-order valence-electron chi connectivity index (χ3n) is 3.82. The van der Waals surface area contributed by atoms with Gasteiger partial charge in [-0.15, -0.1) is 0 Å². The summed E-state index contributed by atoms with van der Waals surface area (Å²) in [5.41, 5.74) is 2.01. The average Bonchev–Trinajstić information content (AvgIpc) is 3.09. The van der Waals surface area contributed by atoms with Crippen molar-refractivity contribution in [3.63, 3.8) is 0 Å². The molecule has 0 fully saturated rings. The van der Waals surface area contributed by atoms with Crippen molar-refractivity contribution in [3.05, 3.63) is 60.2 Å². The SMILES string of the molecule is CCC(C)NCc1cccc(Oc2nnnn2-c2ccccc2)c1. The van der Waals surface area contributed by atoms with E-state index in [9.17, 15) is 0 Å². The Kier molecular flexibility index (Phi) is 5.18. The van der Waals surface area contributed by atoms with Gasteiger partial charge in [0.15, 0.2) is 0 Å². The van der Waals surface area contributed by atoms with Crippen LogP contribution < -0.4 is 10.1 Å². The standard InChI is InChI=1S/C18H21N5O/c1-3-14(2)19-13-15-8-7-11-17(12-15)24-18-20-21-22-23(18)16-9-5-4-6-10-16/h4-12,14,19H,3,13H2,1-2H3. The summed E-state index contributed by atoms with van der Waals surface area (Å²) >= 11 is 0. The summed E-state index contributed by atoms with van der Waals surface area (Å²) in [5.74, 6) is 0.713. The first kappa shape index (κ1) is 16.1. The van der Waals surface area contributed by atoms with Crippen LogP contribution >= 0.6 is 0 Å². The molecule has 24 heavy (non-hydrogen) atoms. The maximum Gasteiger partial charge on any atom is 0.345 e. The molecule has 0 amide bonds. The molecular weight excluding hydrogens is 302 g/mol. The van der Waals surface area contributed by atoms with Crippen LogP contribution in [0.5, 0.6) is 11.8 Å². The van der Waals surface area contributed by atoms with E-state index >= 15 is 0 Å². The largest absolute Gasteiger partial charge is 0.423 e. The number of nitrogens with one attached hydrogen (secondary N) is 1. The second-order valence-corrected chi connectivity index (χ2v) is 5.65. The topological polar surface area (TPSA) is 64.9 Å². The van der Waals surface area contributed by atoms with Crippen molar-refractivity contribution in [2.24, 2.45) is 0 Å². The number of benzene rings is 2. The zero-order valence-electron chi connectivity index (χ0n) is 13.9. The van der Waals surface area contributed by atoms with Crippen LogP contribution in [0, 0.1) is 0 Å². The lowest BCUT2D eigenvalue weighted by Crippen LogP contribution is -2.24. The zero-order chi connectivity index (χ0) is 16.8. The first-order valence-corrected chi connectivity index (χ1v) is 8.10. The van der Waals surface area contributed by atoms with E-state index in [1.807, 2.05) is 48.5 Å². The number of para-hydroxylation sites is 1. The molecule has 124 valence electrons. The van der Waals surface area contributed by atoms with Crippen LogP contribution in [0.3, 0.4) is 0 Å². The van der Waals surface area contributed by atoms with Crippen molar-refractivity contribution in [2.45, 2.75) is 32.9 Å². The molecule has 3 aromatic rings. The minimum Gasteiger partial charge on any atom is -0.423 e. The highest BCUT2D eigenvalue weighted by molar-refractivity contribution is 5.34. The number of ether oxygens (including phenoxy) is 1. The first-order chi connectivity index (χ1) is 11.8. The van der Waals surface area contributed by atoms with Crippen molar-refractivity contribution in [1.29, 1.82) is 0 Å². The van der Waals surface area contributed by atoms with Crippen LogP contribution in [0.4, 0.5) is 0 Å². The summed E-state index contributed by atoms with van der Waals surface area (Å²) in [4.78, 5) is 0. The van der Waals surface area contributed by atoms with E-state index in [4.69, 9.17) is 4.74 Å². The Bertz CT molecular complexity index is 772. The van der Waals surface area contributed by atoms with Gasteiger partial charge in [0.1, 0.15) is 5.75 Å². The van der Waals surface area contributed by atoms with Crippen molar-refractivity contribution in [1.82, 2.24) is 25.5 Å². The fourth-order valence-corrected chi connectivity index (χ4v) is 2.23. The van der Waals surface area contributed by atoms with E-state index < -0.39 is 0 Å². The number of aromatic nitrogens is 4. The summed E-state index contributed by atoms with van der Waals surface area (Å²) in [7, 11) is 0. The van der Waals surface area contributed by atoms with Crippen molar-refractivity contribution in [3.8, 4) is 17.4 Å². The van der Waals surface area contributed by atoms with Crippen LogP contribution in [0.2, 0.25) is 0 Å². The number of hydrogen-bond donors (Lipinski definition) is 1. The highest BCUT2D eigenvalue weighted by Crippen LogP contribution is 2.22. The fourth-order valence-electron chi connectivity index (χ4n) is 2.23. The molecule has 1 heterocycles. The predicted molar refractivity (Wildman–Crippen MR) is 92.3 cm³/mol. The van der Waals surface area contributed by atoms with Crippen molar-refractivity contribution in [2.75, 3.05) is 0 Å². The number of tetrazole rings is 1. The molecule has 1 atom stereocenters. The maximum absolute atomic E-state index is 5.88. The van der Waals surface area contributed by atoms with Gasteiger partial charge < -0.3 is 10.1 Å². The summed E-state index contributed by atoms with van der Waals surface area (Å²) in [6.07, 6.45) is 1.10. The van der Waals surface area contributed by atoms with Crippen LogP contribution in [0.15, 0.2) is 54.6 Å². The fraction of sp³-hybridized carbons (Fsp3) is 0.278. The van der Waals surface area contributed by atoms with Gasteiger partial charge in [0.2, 0.25) is 0 Å². The van der Waals surface area contributed by atoms with E-state index in [2.05, 4.69) is 40.8 Å². The predicted octanol–water partition coefficient (Wildman–Crippen LogP) is 3.34. The van der Waals surface area contributed by atoms with Crippen LogP contribution in [0.1, 0.15) is 25.8 Å². The molecule has 1 unspecified atom stereocenters. The van der Waals surface area contributed by atoms with E-state index in [-0.39, 0.29) is 0 Å². The molecule has 0 saturated carbocycles. The minimum atomic E-state index is 0.341. The second kappa shape index (κ2) is 7.70. The maximum atomic E-state index is 5.88. The Morgan fingerprint density at radius 3 is 2.75 bits per heavy atom. The van der Waals surface area contributed by atoms with Crippen LogP contribution in [-0.2, 0) is 6.54 Å². The van der Waals surface area contributed by atoms with Gasteiger partial charge in [-0.2, -0.15) is 4.68 Å². The molecule has 0 radical (unpaired) electrons. The van der Waals surface area contributed by atoms with Crippen LogP contribution in [0.25, 0.3) is 5.69 Å². The highest BCUT2D eigenvalue weighted by Gasteiger charge is 2.10. The number of nitrogens with zero attached hydrogens (tertiary/aromatic N) is 4. The zero-order valence-corrected chi connectivity index (χ0v) is 13.9. The van der Waals surface area contributed by atoms with Gasteiger partial charge in [0.05, 0.1) is 5.69 Å². The van der Waals surface area contributed by atoms with Gasteiger partial charge in [-0.1, -0.05) is 42.4 Å². The van der Waals surface area contributed by atoms with Gasteiger partial charge >= 0.3 is 6.01 Å². The van der Waals surface area contributed by atoms with Crippen molar-refractivity contribution < 1.29 is 4.74 Å². The molecule has 6 nitrogen and oxygen atoms in total. The second-order valence-electron chi connectivity index (χ2n) is 5.65. The molecule has 0 bridgehead atoms. The summed E-state index contributed by atoms with van der Waals surface area (Å²) in [5, 5.41) is 15.1. The monoisotopic (exact) mass is 323 g/mol. The van der Waals surface area contributed by atoms with E-state index in [1.54, 1.807) is 4.68 Å². The van der Waals surface area contributed by atoms with Gasteiger partial charge in [0, 0.05) is 12.6 Å². The molecule has 0 aliphatic rings. The highest BCUT2D eigenvalue weighted by atomic mass is 16.5. The Labute approximate surface area is 141 Å². The molecule has 1 aromatic heterocycles. The number of hydrogen-bond acceptors (Lipinski definition) is 5. The lowest BCUT2D eigenvalue weighted by molar-refractivity contribution is 0.426. The molecule has 0 spiro atoms. The average molecular weight is 323 g/mol. The van der Waals surface area contributed by atoms with Gasteiger partial charge in [-0.25, -0.2) is 0 Å². The Morgan fingerprint density at radius 2 is 1.96 bits per heavy atom. The smallest absolute Gasteiger partial charge is 0.345 e. The summed E-state index contributed by atoms with van der Waals surface area (Å²) < 4.78 is 7.45. The Morgan fingerprint density at radius 1 is 1.12 bits per heavy atom. The number of rotatable bonds is 7. The van der Waals surface area contributed by atoms with Crippen molar-refractivity contribution >= 4 is 0 Å². The molecule has 3 rings (SSSR count). The third kappa shape index (κ3) is 3.97. The minimum absolute atomic E-state index is 0.341. The molecule has 2 aromatic carbocycles. The quantitative estimate of drug-likeness (QED) is 0.722. The van der Waals surface area contributed by atoms with Gasteiger partial charge in [-0.05, 0) is 53.6 Å². The van der Waals surface area contributed by atoms with E-state index in [0.717, 1.165) is 24.2 Å². The molecule has 0 aliphatic carbocycles.